The Morgan fingerprint density at radius 1 is 0.800 bits per heavy atom. The van der Waals surface area contributed by atoms with Crippen molar-refractivity contribution in [1.82, 2.24) is 0 Å². The van der Waals surface area contributed by atoms with Crippen LogP contribution in [0, 0.1) is 0 Å². The van der Waals surface area contributed by atoms with Crippen LogP contribution in [-0.2, 0) is 55.1 Å². The van der Waals surface area contributed by atoms with Gasteiger partial charge in [0.05, 0.1) is 0 Å². The first kappa shape index (κ1) is 34.8. The third kappa shape index (κ3) is 37.3. The van der Waals surface area contributed by atoms with Gasteiger partial charge in [-0.05, 0) is 0 Å². The zero-order chi connectivity index (χ0) is 2.00. The Morgan fingerprint density at radius 3 is 0.800 bits per heavy atom. The number of hydrogen-bond acceptors (Lipinski definition) is 1. The number of carbonyl (C=O) groups excluding carboxylic acids is 1. The fourth-order valence-corrected chi connectivity index (χ4v) is 0. The predicted molar refractivity (Wildman–Crippen MR) is 6.75 cm³/mol. The molecule has 0 aromatic carbocycles. The van der Waals surface area contributed by atoms with Crippen molar-refractivity contribution in [3.63, 3.8) is 0 Å². The molecule has 1 nitrogen and oxygen atoms in total. The van der Waals surface area contributed by atoms with E-state index in [1.807, 2.05) is 0 Å². The van der Waals surface area contributed by atoms with Crippen LogP contribution in [0.5, 0.6) is 0 Å². The summed E-state index contributed by atoms with van der Waals surface area (Å²) in [5.41, 5.74) is 0. The van der Waals surface area contributed by atoms with E-state index in [1.165, 1.54) is 0 Å². The zero-order valence-electron chi connectivity index (χ0n) is 1.99. The van der Waals surface area contributed by atoms with E-state index in [0.29, 0.717) is 0 Å². The molecule has 0 aliphatic carbocycles. The molecule has 0 spiro atoms. The molecule has 0 unspecified atom stereocenters. The van der Waals surface area contributed by atoms with Crippen LogP contribution in [0.15, 0.2) is 0 Å². The second kappa shape index (κ2) is 64.4. The maximum Gasteiger partial charge on any atom is 0 e. The third-order valence-electron chi connectivity index (χ3n) is 0. The smallest absolute Gasteiger partial charge is 0 e. The summed E-state index contributed by atoms with van der Waals surface area (Å²) in [5, 5.41) is 0. The molecule has 0 fully saturated rings. The molecular weight excluding hydrogens is 205 g/mol. The second-order valence-corrected chi connectivity index (χ2v) is 0. The van der Waals surface area contributed by atoms with E-state index in [0.717, 1.165) is 0 Å². The molecule has 0 aromatic heterocycles. The van der Waals surface area contributed by atoms with E-state index in [2.05, 4.69) is 6.79 Å². The van der Waals surface area contributed by atoms with Gasteiger partial charge in [0.15, 0.2) is 0 Å². The summed E-state index contributed by atoms with van der Waals surface area (Å²) >= 11 is 0. The molecule has 0 rings (SSSR count). The van der Waals surface area contributed by atoms with Gasteiger partial charge in [-0.2, -0.15) is 0 Å². The first-order chi connectivity index (χ1) is 1.00. The van der Waals surface area contributed by atoms with Crippen molar-refractivity contribution in [3.05, 3.63) is 0 Å². The Hall–Kier alpha value is 1.19. The van der Waals surface area contributed by atoms with Crippen molar-refractivity contribution in [1.29, 1.82) is 0 Å². The van der Waals surface area contributed by atoms with Gasteiger partial charge >= 0.3 is 0 Å². The van der Waals surface area contributed by atoms with Crippen LogP contribution in [0.1, 0.15) is 0 Å². The van der Waals surface area contributed by atoms with Gasteiger partial charge in [-0.15, -0.1) is 0 Å². The Kier molecular flexibility index (Phi) is 448. The zero-order valence-corrected chi connectivity index (χ0v) is 5.11. The summed E-state index contributed by atoms with van der Waals surface area (Å²) < 4.78 is 0. The molecule has 0 aliphatic rings. The molecule has 0 aromatic rings. The Balaban J connectivity index is -0.00000000167. The van der Waals surface area contributed by atoms with Crippen LogP contribution >= 0.6 is 0 Å². The first-order valence-electron chi connectivity index (χ1n) is 0.236. The summed E-state index contributed by atoms with van der Waals surface area (Å²) in [5.74, 6) is 0. The molecule has 4 heteroatoms. The molecular formula is CHCo3O-. The van der Waals surface area contributed by atoms with Crippen LogP contribution in [-0.4, -0.2) is 6.79 Å². The Labute approximate surface area is 61.9 Å². The molecule has 0 heterocycles. The summed E-state index contributed by atoms with van der Waals surface area (Å²) in [4.78, 5) is 7.75. The van der Waals surface area contributed by atoms with Gasteiger partial charge < -0.3 is 4.79 Å². The van der Waals surface area contributed by atoms with E-state index >= 15 is 0 Å². The van der Waals surface area contributed by atoms with Crippen molar-refractivity contribution in [3.8, 4) is 0 Å². The minimum absolute atomic E-state index is 0. The SMILES string of the molecule is [CH-]=O.[Co].[Co].[Co]. The fraction of sp³-hybridized carbons (Fsp3) is 0. The summed E-state index contributed by atoms with van der Waals surface area (Å²) in [6.45, 7) is 3.25. The van der Waals surface area contributed by atoms with Gasteiger partial charge in [-0.1, -0.05) is 0 Å². The van der Waals surface area contributed by atoms with Crippen LogP contribution in [0.3, 0.4) is 0 Å². The molecule has 0 saturated heterocycles. The van der Waals surface area contributed by atoms with Gasteiger partial charge in [0.1, 0.15) is 0 Å². The minimum Gasteiger partial charge on any atom is -0.545 e. The van der Waals surface area contributed by atoms with Crippen LogP contribution in [0.4, 0.5) is 0 Å². The first-order valence-corrected chi connectivity index (χ1v) is 0.236. The van der Waals surface area contributed by atoms with Crippen molar-refractivity contribution in [2.75, 3.05) is 0 Å². The predicted octanol–water partition coefficient (Wildman–Crippen LogP) is -0.282. The summed E-state index contributed by atoms with van der Waals surface area (Å²) in [6.07, 6.45) is 0. The van der Waals surface area contributed by atoms with Crippen LogP contribution in [0.2, 0.25) is 0 Å². The van der Waals surface area contributed by atoms with Gasteiger partial charge in [0, 0.05) is 50.3 Å². The molecule has 0 atom stereocenters. The van der Waals surface area contributed by atoms with E-state index in [-0.39, 0.29) is 50.3 Å². The molecule has 0 N–H and O–H groups in total. The number of hydrogen-bond donors (Lipinski definition) is 0. The monoisotopic (exact) mass is 206 g/mol. The largest absolute Gasteiger partial charge is 0.545 e. The molecule has 0 aliphatic heterocycles. The van der Waals surface area contributed by atoms with E-state index in [4.69, 9.17) is 4.79 Å². The third-order valence-corrected chi connectivity index (χ3v) is 0. The van der Waals surface area contributed by atoms with Crippen molar-refractivity contribution < 1.29 is 55.1 Å². The van der Waals surface area contributed by atoms with Crippen LogP contribution in [0.25, 0.3) is 0 Å². The van der Waals surface area contributed by atoms with E-state index in [1.54, 1.807) is 0 Å². The molecule has 0 bridgehead atoms. The van der Waals surface area contributed by atoms with Gasteiger partial charge in [0.25, 0.3) is 0 Å². The molecule has 3 radical (unpaired) electrons. The summed E-state index contributed by atoms with van der Waals surface area (Å²) in [7, 11) is 0. The normalized spacial score (nSPS) is 0.800. The second-order valence-electron chi connectivity index (χ2n) is 0. The van der Waals surface area contributed by atoms with E-state index < -0.39 is 0 Å². The topological polar surface area (TPSA) is 17.1 Å². The van der Waals surface area contributed by atoms with Gasteiger partial charge in [0.2, 0.25) is 0 Å². The molecule has 39 valence electrons. The molecule has 0 amide bonds. The summed E-state index contributed by atoms with van der Waals surface area (Å²) in [6, 6.07) is 0. The van der Waals surface area contributed by atoms with Crippen LogP contribution < -0.4 is 0 Å². The van der Waals surface area contributed by atoms with E-state index in [9.17, 15) is 0 Å². The average molecular weight is 206 g/mol. The van der Waals surface area contributed by atoms with Crippen molar-refractivity contribution in [2.24, 2.45) is 0 Å². The van der Waals surface area contributed by atoms with Crippen molar-refractivity contribution >= 4 is 6.79 Å². The standard InChI is InChI=1S/CHO.3Co/c1-2;;;/h1H;;;/q-1;;;. The average Bonchev–Trinajstić information content (AvgIpc) is 1.00. The Morgan fingerprint density at radius 2 is 0.800 bits per heavy atom. The Bertz CT molecular complexity index is 6.85. The maximum absolute atomic E-state index is 7.75. The maximum atomic E-state index is 7.75. The molecule has 5 heavy (non-hydrogen) atoms. The quantitative estimate of drug-likeness (QED) is 0.393. The fourth-order valence-electron chi connectivity index (χ4n) is 0. The minimum atomic E-state index is 0. The molecule has 0 saturated carbocycles. The number of rotatable bonds is 0. The van der Waals surface area contributed by atoms with Gasteiger partial charge in [-0.3, -0.25) is 6.79 Å². The van der Waals surface area contributed by atoms with Crippen molar-refractivity contribution in [2.45, 2.75) is 0 Å². The van der Waals surface area contributed by atoms with Gasteiger partial charge in [-0.25, -0.2) is 0 Å².